The lowest BCUT2D eigenvalue weighted by Crippen LogP contribution is -2.41. The Bertz CT molecular complexity index is 677. The smallest absolute Gasteiger partial charge is 0.341 e. The summed E-state index contributed by atoms with van der Waals surface area (Å²) < 4.78 is 6.74. The molecule has 1 N–H and O–H groups in total. The Labute approximate surface area is 134 Å². The van der Waals surface area contributed by atoms with Gasteiger partial charge < -0.3 is 14.6 Å². The lowest BCUT2D eigenvalue weighted by atomic mass is 10.1. The molecule has 1 aliphatic heterocycles. The first-order chi connectivity index (χ1) is 11.2. The van der Waals surface area contributed by atoms with E-state index in [1.54, 1.807) is 30.1 Å². The Balaban J connectivity index is 1.69. The highest BCUT2D eigenvalue weighted by Gasteiger charge is 2.26. The summed E-state index contributed by atoms with van der Waals surface area (Å²) in [6.45, 7) is 3.43. The molecule has 1 fully saturated rings. The topological polar surface area (TPSA) is 80.2 Å². The number of nitrogens with one attached hydrogen (secondary N) is 1. The van der Waals surface area contributed by atoms with E-state index in [1.165, 1.54) is 6.20 Å². The number of rotatable bonds is 4. The highest BCUT2D eigenvalue weighted by atomic mass is 16.5. The number of H-pyrrole nitrogens is 1. The average Bonchev–Trinajstić information content (AvgIpc) is 3.26. The molecular formula is C16H20N4O3. The first-order valence-electron chi connectivity index (χ1n) is 7.83. The molecule has 2 aromatic rings. The van der Waals surface area contributed by atoms with Crippen LogP contribution < -0.4 is 0 Å². The number of esters is 1. The van der Waals surface area contributed by atoms with E-state index in [0.717, 1.165) is 19.4 Å². The molecule has 1 amide bonds. The van der Waals surface area contributed by atoms with E-state index in [9.17, 15) is 9.59 Å². The molecule has 0 saturated carbocycles. The number of hydrogen-bond acceptors (Lipinski definition) is 4. The van der Waals surface area contributed by atoms with E-state index in [2.05, 4.69) is 10.1 Å². The summed E-state index contributed by atoms with van der Waals surface area (Å²) in [4.78, 5) is 28.9. The van der Waals surface area contributed by atoms with Crippen LogP contribution in [0.1, 0.15) is 46.7 Å². The third kappa shape index (κ3) is 3.28. The van der Waals surface area contributed by atoms with Gasteiger partial charge in [0.2, 0.25) is 0 Å². The highest BCUT2D eigenvalue weighted by molar-refractivity contribution is 5.92. The Kier molecular flexibility index (Phi) is 4.45. The first kappa shape index (κ1) is 15.3. The molecule has 7 heteroatoms. The number of piperidine rings is 1. The maximum atomic E-state index is 12.4. The van der Waals surface area contributed by atoms with Crippen LogP contribution in [0.3, 0.4) is 0 Å². The van der Waals surface area contributed by atoms with Crippen molar-refractivity contribution in [1.82, 2.24) is 19.7 Å². The van der Waals surface area contributed by atoms with Gasteiger partial charge in [-0.25, -0.2) is 4.79 Å². The number of hydrogen-bond donors (Lipinski definition) is 1. The molecule has 0 bridgehead atoms. The standard InChI is InChI=1S/C16H20N4O3/c1-2-23-16(22)12-9-18-20(10-12)13-5-4-8-19(11-13)15(21)14-6-3-7-17-14/h3,6-7,9-10,13,17H,2,4-5,8,11H2,1H3. The number of carbonyl (C=O) groups is 2. The van der Waals surface area contributed by atoms with Crippen LogP contribution in [0.4, 0.5) is 0 Å². The third-order valence-corrected chi connectivity index (χ3v) is 4.00. The van der Waals surface area contributed by atoms with Crippen LogP contribution in [0.25, 0.3) is 0 Å². The fraction of sp³-hybridized carbons (Fsp3) is 0.438. The number of nitrogens with zero attached hydrogens (tertiary/aromatic N) is 3. The first-order valence-corrected chi connectivity index (χ1v) is 7.83. The molecule has 1 aliphatic rings. The monoisotopic (exact) mass is 316 g/mol. The van der Waals surface area contributed by atoms with Crippen LogP contribution in [0.5, 0.6) is 0 Å². The maximum Gasteiger partial charge on any atom is 0.341 e. The van der Waals surface area contributed by atoms with Crippen molar-refractivity contribution in [2.75, 3.05) is 19.7 Å². The van der Waals surface area contributed by atoms with Gasteiger partial charge in [-0.15, -0.1) is 0 Å². The van der Waals surface area contributed by atoms with Crippen molar-refractivity contribution in [2.24, 2.45) is 0 Å². The number of ether oxygens (including phenoxy) is 1. The second kappa shape index (κ2) is 6.68. The molecular weight excluding hydrogens is 296 g/mol. The number of amides is 1. The van der Waals surface area contributed by atoms with Crippen molar-refractivity contribution >= 4 is 11.9 Å². The number of aromatic nitrogens is 3. The molecule has 0 aromatic carbocycles. The predicted molar refractivity (Wildman–Crippen MR) is 83.2 cm³/mol. The zero-order valence-corrected chi connectivity index (χ0v) is 13.1. The predicted octanol–water partition coefficient (Wildman–Crippen LogP) is 1.87. The van der Waals surface area contributed by atoms with Crippen LogP contribution in [-0.4, -0.2) is 51.2 Å². The van der Waals surface area contributed by atoms with Crippen molar-refractivity contribution in [3.8, 4) is 0 Å². The van der Waals surface area contributed by atoms with Crippen LogP contribution in [0.2, 0.25) is 0 Å². The number of carbonyl (C=O) groups excluding carboxylic acids is 2. The van der Waals surface area contributed by atoms with Gasteiger partial charge in [0.15, 0.2) is 0 Å². The molecule has 3 rings (SSSR count). The quantitative estimate of drug-likeness (QED) is 0.873. The minimum absolute atomic E-state index is 0.00234. The van der Waals surface area contributed by atoms with E-state index in [-0.39, 0.29) is 17.9 Å². The fourth-order valence-corrected chi connectivity index (χ4v) is 2.85. The Hall–Kier alpha value is -2.57. The van der Waals surface area contributed by atoms with Gasteiger partial charge in [0, 0.05) is 25.5 Å². The van der Waals surface area contributed by atoms with Gasteiger partial charge in [0.05, 0.1) is 24.4 Å². The van der Waals surface area contributed by atoms with E-state index in [1.807, 2.05) is 11.0 Å². The molecule has 1 atom stereocenters. The van der Waals surface area contributed by atoms with Crippen LogP contribution in [-0.2, 0) is 4.74 Å². The SMILES string of the molecule is CCOC(=O)c1cnn(C2CCCN(C(=O)c3ccc[nH]3)C2)c1. The Morgan fingerprint density at radius 2 is 2.35 bits per heavy atom. The summed E-state index contributed by atoms with van der Waals surface area (Å²) in [5.74, 6) is -0.369. The molecule has 0 radical (unpaired) electrons. The molecule has 122 valence electrons. The number of aromatic amines is 1. The summed E-state index contributed by atoms with van der Waals surface area (Å²) in [5.41, 5.74) is 1.04. The Morgan fingerprint density at radius 3 is 3.09 bits per heavy atom. The normalized spacial score (nSPS) is 18.0. The molecule has 23 heavy (non-hydrogen) atoms. The molecule has 0 aliphatic carbocycles. The summed E-state index contributed by atoms with van der Waals surface area (Å²) >= 11 is 0. The second-order valence-electron chi connectivity index (χ2n) is 5.56. The molecule has 2 aromatic heterocycles. The van der Waals surface area contributed by atoms with Gasteiger partial charge >= 0.3 is 5.97 Å². The minimum atomic E-state index is -0.367. The van der Waals surface area contributed by atoms with E-state index in [0.29, 0.717) is 24.4 Å². The van der Waals surface area contributed by atoms with Crippen molar-refractivity contribution in [3.63, 3.8) is 0 Å². The van der Waals surface area contributed by atoms with Gasteiger partial charge in [-0.1, -0.05) is 0 Å². The van der Waals surface area contributed by atoms with Crippen molar-refractivity contribution < 1.29 is 14.3 Å². The lowest BCUT2D eigenvalue weighted by Gasteiger charge is -2.32. The lowest BCUT2D eigenvalue weighted by molar-refractivity contribution is 0.0525. The zero-order valence-electron chi connectivity index (χ0n) is 13.1. The molecule has 0 spiro atoms. The Morgan fingerprint density at radius 1 is 1.48 bits per heavy atom. The summed E-state index contributed by atoms with van der Waals surface area (Å²) in [6, 6.07) is 3.66. The van der Waals surface area contributed by atoms with Gasteiger partial charge in [-0.2, -0.15) is 5.10 Å². The largest absolute Gasteiger partial charge is 0.462 e. The van der Waals surface area contributed by atoms with Crippen molar-refractivity contribution in [2.45, 2.75) is 25.8 Å². The van der Waals surface area contributed by atoms with Crippen LogP contribution in [0.15, 0.2) is 30.7 Å². The number of likely N-dealkylation sites (tertiary alicyclic amines) is 1. The van der Waals surface area contributed by atoms with Crippen molar-refractivity contribution in [3.05, 3.63) is 42.0 Å². The van der Waals surface area contributed by atoms with Crippen LogP contribution in [0, 0.1) is 0 Å². The van der Waals surface area contributed by atoms with Crippen molar-refractivity contribution in [1.29, 1.82) is 0 Å². The van der Waals surface area contributed by atoms with Gasteiger partial charge in [-0.05, 0) is 31.9 Å². The van der Waals surface area contributed by atoms with E-state index >= 15 is 0 Å². The highest BCUT2D eigenvalue weighted by Crippen LogP contribution is 2.22. The van der Waals surface area contributed by atoms with E-state index < -0.39 is 0 Å². The minimum Gasteiger partial charge on any atom is -0.462 e. The van der Waals surface area contributed by atoms with E-state index in [4.69, 9.17) is 4.74 Å². The summed E-state index contributed by atoms with van der Waals surface area (Å²) in [7, 11) is 0. The second-order valence-corrected chi connectivity index (χ2v) is 5.56. The van der Waals surface area contributed by atoms with Gasteiger partial charge in [0.25, 0.3) is 5.91 Å². The average molecular weight is 316 g/mol. The molecule has 7 nitrogen and oxygen atoms in total. The third-order valence-electron chi connectivity index (χ3n) is 4.00. The molecule has 3 heterocycles. The van der Waals surface area contributed by atoms with Crippen LogP contribution >= 0.6 is 0 Å². The van der Waals surface area contributed by atoms with Gasteiger partial charge in [0.1, 0.15) is 5.69 Å². The summed E-state index contributed by atoms with van der Waals surface area (Å²) in [5, 5.41) is 4.27. The zero-order chi connectivity index (χ0) is 16.2. The molecule has 1 unspecified atom stereocenters. The maximum absolute atomic E-state index is 12.4. The molecule has 1 saturated heterocycles. The van der Waals surface area contributed by atoms with Gasteiger partial charge in [-0.3, -0.25) is 9.48 Å². The fourth-order valence-electron chi connectivity index (χ4n) is 2.85. The summed E-state index contributed by atoms with van der Waals surface area (Å²) in [6.07, 6.45) is 6.80.